The molecule has 150 valence electrons. The monoisotopic (exact) mass is 411 g/mol. The van der Waals surface area contributed by atoms with Crippen LogP contribution in [0.1, 0.15) is 17.2 Å². The molecular weight excluding hydrogens is 390 g/mol. The van der Waals surface area contributed by atoms with E-state index in [0.717, 1.165) is 9.87 Å². The first kappa shape index (κ1) is 22.0. The lowest BCUT2D eigenvalue weighted by Gasteiger charge is -2.17. The summed E-state index contributed by atoms with van der Waals surface area (Å²) in [5, 5.41) is 0. The Hall–Kier alpha value is -3.26. The minimum Gasteiger partial charge on any atom is -0.438 e. The molecule has 2 aromatic rings. The van der Waals surface area contributed by atoms with Crippen LogP contribution in [0.3, 0.4) is 0 Å². The van der Waals surface area contributed by atoms with Gasteiger partial charge in [0, 0.05) is 5.56 Å². The molecule has 0 amide bonds. The average molecular weight is 411 g/mol. The SMILES string of the molecule is C#CCN(CC#C[C@H](OC(=O)OC)c1ccccc1)S(=O)(=O)c1ccc(C)cc1. The van der Waals surface area contributed by atoms with Gasteiger partial charge in [-0.25, -0.2) is 13.2 Å². The summed E-state index contributed by atoms with van der Waals surface area (Å²) in [5.74, 6) is 7.87. The predicted octanol–water partition coefficient (Wildman–Crippen LogP) is 3.15. The van der Waals surface area contributed by atoms with Crippen LogP contribution in [0.4, 0.5) is 4.79 Å². The van der Waals surface area contributed by atoms with Crippen molar-refractivity contribution < 1.29 is 22.7 Å². The fourth-order valence-electron chi connectivity index (χ4n) is 2.37. The van der Waals surface area contributed by atoms with E-state index in [1.54, 1.807) is 36.4 Å². The van der Waals surface area contributed by atoms with Crippen molar-refractivity contribution in [2.24, 2.45) is 0 Å². The number of hydrogen-bond donors (Lipinski definition) is 0. The van der Waals surface area contributed by atoms with Crippen LogP contribution in [0.2, 0.25) is 0 Å². The smallest absolute Gasteiger partial charge is 0.438 e. The predicted molar refractivity (Wildman–Crippen MR) is 109 cm³/mol. The summed E-state index contributed by atoms with van der Waals surface area (Å²) in [4.78, 5) is 11.7. The van der Waals surface area contributed by atoms with Gasteiger partial charge in [0.05, 0.1) is 25.1 Å². The van der Waals surface area contributed by atoms with E-state index in [1.807, 2.05) is 13.0 Å². The maximum absolute atomic E-state index is 12.9. The molecule has 0 N–H and O–H groups in total. The lowest BCUT2D eigenvalue weighted by Crippen LogP contribution is -2.32. The summed E-state index contributed by atoms with van der Waals surface area (Å²) in [5.41, 5.74) is 1.58. The summed E-state index contributed by atoms with van der Waals surface area (Å²) in [6.07, 6.45) is 3.55. The highest BCUT2D eigenvalue weighted by Crippen LogP contribution is 2.18. The molecule has 0 bridgehead atoms. The number of carbonyl (C=O) groups is 1. The van der Waals surface area contributed by atoms with Crippen LogP contribution in [-0.2, 0) is 19.5 Å². The van der Waals surface area contributed by atoms with Crippen molar-refractivity contribution in [3.63, 3.8) is 0 Å². The van der Waals surface area contributed by atoms with Gasteiger partial charge in [-0.2, -0.15) is 4.31 Å². The molecule has 0 aromatic heterocycles. The van der Waals surface area contributed by atoms with E-state index in [9.17, 15) is 13.2 Å². The topological polar surface area (TPSA) is 72.9 Å². The fourth-order valence-corrected chi connectivity index (χ4v) is 3.62. The minimum atomic E-state index is -3.81. The first-order valence-electron chi connectivity index (χ1n) is 8.66. The van der Waals surface area contributed by atoms with Crippen LogP contribution in [0.5, 0.6) is 0 Å². The van der Waals surface area contributed by atoms with Gasteiger partial charge in [-0.05, 0) is 19.1 Å². The van der Waals surface area contributed by atoms with Gasteiger partial charge in [0.15, 0.2) is 6.10 Å². The lowest BCUT2D eigenvalue weighted by atomic mass is 10.1. The zero-order valence-corrected chi connectivity index (χ0v) is 17.0. The van der Waals surface area contributed by atoms with Crippen molar-refractivity contribution in [2.75, 3.05) is 20.2 Å². The Morgan fingerprint density at radius 1 is 1.10 bits per heavy atom. The molecule has 0 saturated carbocycles. The Morgan fingerprint density at radius 2 is 1.76 bits per heavy atom. The summed E-state index contributed by atoms with van der Waals surface area (Å²) < 4.78 is 36.5. The molecule has 6 nitrogen and oxygen atoms in total. The van der Waals surface area contributed by atoms with E-state index in [0.29, 0.717) is 5.56 Å². The molecule has 2 aromatic carbocycles. The van der Waals surface area contributed by atoms with Crippen LogP contribution >= 0.6 is 0 Å². The van der Waals surface area contributed by atoms with Crippen molar-refractivity contribution >= 4 is 16.2 Å². The number of hydrogen-bond acceptors (Lipinski definition) is 5. The highest BCUT2D eigenvalue weighted by Gasteiger charge is 2.23. The van der Waals surface area contributed by atoms with Crippen LogP contribution in [-0.4, -0.2) is 39.1 Å². The molecule has 29 heavy (non-hydrogen) atoms. The number of sulfonamides is 1. The van der Waals surface area contributed by atoms with Gasteiger partial charge in [-0.15, -0.1) is 6.42 Å². The number of nitrogens with zero attached hydrogens (tertiary/aromatic N) is 1. The highest BCUT2D eigenvalue weighted by molar-refractivity contribution is 7.89. The Bertz CT molecular complexity index is 1030. The standard InChI is InChI=1S/C22H21NO5S/c1-4-16-23(29(25,26)20-14-12-18(2)13-15-20)17-8-11-21(28-22(24)27-3)19-9-6-5-7-10-19/h1,5-7,9-10,12-15,21H,16-17H2,2-3H3/t21-/m0/s1. The van der Waals surface area contributed by atoms with Gasteiger partial charge >= 0.3 is 6.16 Å². The third kappa shape index (κ3) is 6.11. The summed E-state index contributed by atoms with van der Waals surface area (Å²) in [7, 11) is -2.62. The highest BCUT2D eigenvalue weighted by atomic mass is 32.2. The van der Waals surface area contributed by atoms with Gasteiger partial charge in [-0.1, -0.05) is 65.8 Å². The van der Waals surface area contributed by atoms with Gasteiger partial charge < -0.3 is 9.47 Å². The van der Waals surface area contributed by atoms with Crippen molar-refractivity contribution in [1.29, 1.82) is 0 Å². The summed E-state index contributed by atoms with van der Waals surface area (Å²) >= 11 is 0. The number of rotatable bonds is 6. The van der Waals surface area contributed by atoms with Crippen LogP contribution in [0.15, 0.2) is 59.5 Å². The van der Waals surface area contributed by atoms with Crippen LogP contribution in [0, 0.1) is 31.1 Å². The summed E-state index contributed by atoms with van der Waals surface area (Å²) in [6, 6.07) is 15.3. The molecule has 0 spiro atoms. The molecule has 0 aliphatic carbocycles. The maximum atomic E-state index is 12.9. The fraction of sp³-hybridized carbons (Fsp3) is 0.227. The van der Waals surface area contributed by atoms with Crippen molar-refractivity contribution in [3.05, 3.63) is 65.7 Å². The zero-order chi connectivity index (χ0) is 21.3. The van der Waals surface area contributed by atoms with E-state index in [4.69, 9.17) is 11.2 Å². The average Bonchev–Trinajstić information content (AvgIpc) is 2.73. The van der Waals surface area contributed by atoms with E-state index in [1.165, 1.54) is 19.2 Å². The van der Waals surface area contributed by atoms with E-state index in [2.05, 4.69) is 22.5 Å². The normalized spacial score (nSPS) is 11.7. The molecule has 1 atom stereocenters. The number of methoxy groups -OCH3 is 1. The van der Waals surface area contributed by atoms with Crippen molar-refractivity contribution in [2.45, 2.75) is 17.9 Å². The Balaban J connectivity index is 2.26. The van der Waals surface area contributed by atoms with E-state index in [-0.39, 0.29) is 18.0 Å². The largest absolute Gasteiger partial charge is 0.509 e. The van der Waals surface area contributed by atoms with E-state index >= 15 is 0 Å². The van der Waals surface area contributed by atoms with E-state index < -0.39 is 22.3 Å². The second-order valence-electron chi connectivity index (χ2n) is 5.97. The second-order valence-corrected chi connectivity index (χ2v) is 7.91. The number of ether oxygens (including phenoxy) is 2. The van der Waals surface area contributed by atoms with Gasteiger partial charge in [0.1, 0.15) is 0 Å². The third-order valence-electron chi connectivity index (χ3n) is 3.90. The molecular formula is C22H21NO5S. The first-order valence-corrected chi connectivity index (χ1v) is 10.1. The zero-order valence-electron chi connectivity index (χ0n) is 16.2. The number of terminal acetylenes is 1. The maximum Gasteiger partial charge on any atom is 0.509 e. The lowest BCUT2D eigenvalue weighted by molar-refractivity contribution is 0.0549. The number of benzene rings is 2. The molecule has 0 heterocycles. The van der Waals surface area contributed by atoms with Gasteiger partial charge in [0.25, 0.3) is 0 Å². The van der Waals surface area contributed by atoms with Crippen LogP contribution < -0.4 is 0 Å². The third-order valence-corrected chi connectivity index (χ3v) is 5.70. The Kier molecular flexibility index (Phi) is 7.85. The van der Waals surface area contributed by atoms with Crippen LogP contribution in [0.25, 0.3) is 0 Å². The molecule has 0 aliphatic rings. The molecule has 0 aliphatic heterocycles. The Morgan fingerprint density at radius 3 is 2.34 bits per heavy atom. The number of carbonyl (C=O) groups excluding carboxylic acids is 1. The second kappa shape index (κ2) is 10.3. The first-order chi connectivity index (χ1) is 13.9. The van der Waals surface area contributed by atoms with Crippen molar-refractivity contribution in [1.82, 2.24) is 4.31 Å². The van der Waals surface area contributed by atoms with Gasteiger partial charge in [0.2, 0.25) is 10.0 Å². The molecule has 7 heteroatoms. The minimum absolute atomic E-state index is 0.130. The summed E-state index contributed by atoms with van der Waals surface area (Å²) in [6.45, 7) is 1.57. The molecule has 0 fully saturated rings. The quantitative estimate of drug-likeness (QED) is 0.539. The van der Waals surface area contributed by atoms with Gasteiger partial charge in [-0.3, -0.25) is 0 Å². The van der Waals surface area contributed by atoms with Crippen molar-refractivity contribution in [3.8, 4) is 24.2 Å². The molecule has 2 rings (SSSR count). The molecule has 0 unspecified atom stereocenters. The molecule has 0 radical (unpaired) electrons. The number of aryl methyl sites for hydroxylation is 1. The molecule has 0 saturated heterocycles. The Labute approximate surface area is 171 Å².